The van der Waals surface area contributed by atoms with Crippen LogP contribution in [0.15, 0.2) is 95.3 Å². The molecule has 5 heteroatoms. The first-order valence-corrected chi connectivity index (χ1v) is 13.9. The van der Waals surface area contributed by atoms with Gasteiger partial charge in [0.25, 0.3) is 0 Å². The Kier molecular flexibility index (Phi) is 13.8. The van der Waals surface area contributed by atoms with Crippen molar-refractivity contribution in [2.75, 3.05) is 20.2 Å². The summed E-state index contributed by atoms with van der Waals surface area (Å²) in [5.74, 6) is 2.08. The van der Waals surface area contributed by atoms with Crippen LogP contribution in [0.2, 0.25) is 0 Å². The molecule has 1 aromatic rings. The maximum Gasteiger partial charge on any atom is 0.127 e. The quantitative estimate of drug-likeness (QED) is 0.0933. The molecule has 0 saturated heterocycles. The van der Waals surface area contributed by atoms with E-state index in [1.165, 1.54) is 16.7 Å². The van der Waals surface area contributed by atoms with Crippen molar-refractivity contribution in [2.24, 2.45) is 4.99 Å². The lowest BCUT2D eigenvalue weighted by molar-refractivity contribution is 0.296. The maximum atomic E-state index is 6.22. The predicted octanol–water partition coefficient (Wildman–Crippen LogP) is 8.39. The van der Waals surface area contributed by atoms with Gasteiger partial charge in [-0.15, -0.1) is 18.2 Å². The van der Waals surface area contributed by atoms with Crippen LogP contribution >= 0.6 is 27.5 Å². The number of unbranched alkanes of at least 4 members (excludes halogenated alkanes) is 1. The van der Waals surface area contributed by atoms with Crippen molar-refractivity contribution >= 4 is 33.4 Å². The summed E-state index contributed by atoms with van der Waals surface area (Å²) in [4.78, 5) is 7.57. The molecule has 0 saturated carbocycles. The standard InChI is InChI=1S/C30H40BrClN2O/c1-5-7-19-29(35-4)27(22-24(3)31)17-11-15-26(16-12-18-28(32)6-2)30-33-20-21-34(30)23-25-13-9-8-10-14-25/h6,8-10,12-14,16,18-19,22,24,28H,2,5,7,11,15,17,20-21,23H2,1,3-4H3/b18-12-,26-16+,27-22-,29-19+. The number of amidine groups is 1. The van der Waals surface area contributed by atoms with E-state index in [2.05, 4.69) is 89.8 Å². The van der Waals surface area contributed by atoms with E-state index in [1.54, 1.807) is 13.2 Å². The van der Waals surface area contributed by atoms with Gasteiger partial charge in [-0.25, -0.2) is 0 Å². The first-order chi connectivity index (χ1) is 17.0. The second-order valence-electron chi connectivity index (χ2n) is 8.65. The third kappa shape index (κ3) is 10.6. The van der Waals surface area contributed by atoms with Crippen LogP contribution in [0.3, 0.4) is 0 Å². The predicted molar refractivity (Wildman–Crippen MR) is 157 cm³/mol. The summed E-state index contributed by atoms with van der Waals surface area (Å²) >= 11 is 9.91. The fraction of sp³-hybridized carbons (Fsp3) is 0.433. The van der Waals surface area contributed by atoms with Gasteiger partial charge < -0.3 is 9.64 Å². The van der Waals surface area contributed by atoms with E-state index in [4.69, 9.17) is 21.3 Å². The number of ether oxygens (including phenoxy) is 1. The van der Waals surface area contributed by atoms with Crippen LogP contribution in [-0.2, 0) is 11.3 Å². The molecule has 1 aliphatic rings. The summed E-state index contributed by atoms with van der Waals surface area (Å²) in [7, 11) is 1.77. The van der Waals surface area contributed by atoms with Crippen molar-refractivity contribution in [3.8, 4) is 0 Å². The molecule has 1 aliphatic heterocycles. The van der Waals surface area contributed by atoms with Crippen LogP contribution < -0.4 is 0 Å². The Morgan fingerprint density at radius 3 is 2.71 bits per heavy atom. The Balaban J connectivity index is 2.20. The Morgan fingerprint density at radius 2 is 2.06 bits per heavy atom. The Labute approximate surface area is 226 Å². The molecule has 1 heterocycles. The first-order valence-electron chi connectivity index (χ1n) is 12.5. The molecular formula is C30H40BrClN2O. The van der Waals surface area contributed by atoms with E-state index in [9.17, 15) is 0 Å². The molecular weight excluding hydrogens is 520 g/mol. The van der Waals surface area contributed by atoms with Gasteiger partial charge in [0.1, 0.15) is 11.6 Å². The zero-order valence-electron chi connectivity index (χ0n) is 21.4. The average Bonchev–Trinajstić information content (AvgIpc) is 3.31. The zero-order chi connectivity index (χ0) is 25.5. The highest BCUT2D eigenvalue weighted by atomic mass is 79.9. The van der Waals surface area contributed by atoms with Crippen LogP contribution in [0.4, 0.5) is 0 Å². The second kappa shape index (κ2) is 16.6. The van der Waals surface area contributed by atoms with Crippen molar-refractivity contribution in [1.82, 2.24) is 4.90 Å². The van der Waals surface area contributed by atoms with Crippen LogP contribution in [0.5, 0.6) is 0 Å². The summed E-state index contributed by atoms with van der Waals surface area (Å²) in [6.07, 6.45) is 17.3. The number of rotatable bonds is 15. The normalized spacial score (nSPS) is 17.0. The summed E-state index contributed by atoms with van der Waals surface area (Å²) in [6.45, 7) is 10.7. The molecule has 2 rings (SSSR count). The minimum Gasteiger partial charge on any atom is -0.497 e. The Morgan fingerprint density at radius 1 is 1.29 bits per heavy atom. The van der Waals surface area contributed by atoms with Gasteiger partial charge >= 0.3 is 0 Å². The van der Waals surface area contributed by atoms with Crippen molar-refractivity contribution in [2.45, 2.75) is 62.7 Å². The number of hydrogen-bond acceptors (Lipinski definition) is 3. The molecule has 0 bridgehead atoms. The molecule has 0 fully saturated rings. The summed E-state index contributed by atoms with van der Waals surface area (Å²) < 4.78 is 5.75. The number of hydrogen-bond donors (Lipinski definition) is 0. The molecule has 0 aromatic heterocycles. The molecule has 2 atom stereocenters. The first kappa shape index (κ1) is 29.2. The van der Waals surface area contributed by atoms with Gasteiger partial charge in [-0.1, -0.05) is 90.0 Å². The number of alkyl halides is 2. The fourth-order valence-electron chi connectivity index (χ4n) is 4.03. The fourth-order valence-corrected chi connectivity index (χ4v) is 4.43. The highest BCUT2D eigenvalue weighted by Crippen LogP contribution is 2.25. The third-order valence-corrected chi connectivity index (χ3v) is 6.32. The van der Waals surface area contributed by atoms with Gasteiger partial charge in [-0.3, -0.25) is 4.99 Å². The number of methoxy groups -OCH3 is 1. The van der Waals surface area contributed by atoms with Crippen molar-refractivity contribution in [1.29, 1.82) is 0 Å². The largest absolute Gasteiger partial charge is 0.497 e. The molecule has 0 aliphatic carbocycles. The van der Waals surface area contributed by atoms with E-state index in [0.717, 1.165) is 63.3 Å². The minimum atomic E-state index is -0.179. The van der Waals surface area contributed by atoms with E-state index in [1.807, 2.05) is 12.2 Å². The van der Waals surface area contributed by atoms with Gasteiger partial charge in [-0.2, -0.15) is 0 Å². The highest BCUT2D eigenvalue weighted by molar-refractivity contribution is 9.09. The van der Waals surface area contributed by atoms with Gasteiger partial charge in [0.15, 0.2) is 0 Å². The highest BCUT2D eigenvalue weighted by Gasteiger charge is 2.20. The lowest BCUT2D eigenvalue weighted by atomic mass is 10.00. The average molecular weight is 560 g/mol. The lowest BCUT2D eigenvalue weighted by Gasteiger charge is -2.22. The topological polar surface area (TPSA) is 24.8 Å². The SMILES string of the molecule is C=CC(Cl)/C=C\C=C(/CCCC(=C/C(C)Br)/C(=C\CCC)OC)C1=NCCN1Cc1ccccc1. The Bertz CT molecular complexity index is 931. The molecule has 0 amide bonds. The summed E-state index contributed by atoms with van der Waals surface area (Å²) in [5, 5.41) is -0.179. The number of halogens is 2. The van der Waals surface area contributed by atoms with E-state index < -0.39 is 0 Å². The lowest BCUT2D eigenvalue weighted by Crippen LogP contribution is -2.28. The smallest absolute Gasteiger partial charge is 0.127 e. The maximum absolute atomic E-state index is 6.22. The van der Waals surface area contributed by atoms with Gasteiger partial charge in [0.2, 0.25) is 0 Å². The number of aliphatic imine (C=N–C) groups is 1. The van der Waals surface area contributed by atoms with E-state index in [0.29, 0.717) is 0 Å². The van der Waals surface area contributed by atoms with Crippen molar-refractivity contribution in [3.05, 3.63) is 95.8 Å². The molecule has 0 N–H and O–H groups in total. The third-order valence-electron chi connectivity index (χ3n) is 5.73. The number of allylic oxidation sites excluding steroid dienone is 7. The van der Waals surface area contributed by atoms with Crippen LogP contribution in [0, 0.1) is 0 Å². The van der Waals surface area contributed by atoms with Crippen LogP contribution in [0.1, 0.15) is 51.5 Å². The minimum absolute atomic E-state index is 0.179. The van der Waals surface area contributed by atoms with E-state index in [-0.39, 0.29) is 10.2 Å². The molecule has 35 heavy (non-hydrogen) atoms. The molecule has 0 spiro atoms. The van der Waals surface area contributed by atoms with E-state index >= 15 is 0 Å². The Hall–Kier alpha value is -2.04. The van der Waals surface area contributed by atoms with Crippen LogP contribution in [0.25, 0.3) is 0 Å². The van der Waals surface area contributed by atoms with Gasteiger partial charge in [0, 0.05) is 17.9 Å². The zero-order valence-corrected chi connectivity index (χ0v) is 23.8. The van der Waals surface area contributed by atoms with Crippen LogP contribution in [-0.4, -0.2) is 41.1 Å². The molecule has 1 aromatic carbocycles. The number of benzene rings is 1. The summed E-state index contributed by atoms with van der Waals surface area (Å²) in [6, 6.07) is 10.6. The monoisotopic (exact) mass is 558 g/mol. The second-order valence-corrected chi connectivity index (χ2v) is 10.6. The van der Waals surface area contributed by atoms with Crippen molar-refractivity contribution in [3.63, 3.8) is 0 Å². The molecule has 3 nitrogen and oxygen atoms in total. The number of nitrogens with zero attached hydrogens (tertiary/aromatic N) is 2. The molecule has 2 unspecified atom stereocenters. The summed E-state index contributed by atoms with van der Waals surface area (Å²) in [5.41, 5.74) is 3.79. The molecule has 0 radical (unpaired) electrons. The van der Waals surface area contributed by atoms with Gasteiger partial charge in [0.05, 0.1) is 19.0 Å². The van der Waals surface area contributed by atoms with Crippen molar-refractivity contribution < 1.29 is 4.74 Å². The molecule has 190 valence electrons. The van der Waals surface area contributed by atoms with Gasteiger partial charge in [-0.05, 0) is 55.4 Å².